The number of carboxylic acids is 1. The molecule has 1 aliphatic carbocycles. The second-order valence-electron chi connectivity index (χ2n) is 3.29. The van der Waals surface area contributed by atoms with Crippen LogP contribution in [-0.2, 0) is 4.79 Å². The van der Waals surface area contributed by atoms with E-state index in [-0.39, 0.29) is 19.3 Å². The van der Waals surface area contributed by atoms with Crippen molar-refractivity contribution in [3.8, 4) is 0 Å². The number of carbonyl (C=O) groups is 1. The van der Waals surface area contributed by atoms with E-state index in [1.54, 1.807) is 0 Å². The average Bonchev–Trinajstić information content (AvgIpc) is 1.82. The van der Waals surface area contributed by atoms with Gasteiger partial charge in [-0.2, -0.15) is 0 Å². The number of hydrogen-bond donors (Lipinski definition) is 4. The zero-order valence-corrected chi connectivity index (χ0v) is 6.47. The molecule has 1 aliphatic rings. The maximum Gasteiger partial charge on any atom is 0.335 e. The lowest BCUT2D eigenvalue weighted by atomic mass is 9.81. The summed E-state index contributed by atoms with van der Waals surface area (Å²) in [7, 11) is 0. The summed E-state index contributed by atoms with van der Waals surface area (Å²) >= 11 is 0. The highest BCUT2D eigenvalue weighted by molar-refractivity contribution is 5.77. The van der Waals surface area contributed by atoms with E-state index in [9.17, 15) is 9.90 Å². The van der Waals surface area contributed by atoms with E-state index in [4.69, 9.17) is 15.3 Å². The lowest BCUT2D eigenvalue weighted by Crippen LogP contribution is -2.49. The minimum atomic E-state index is -1.96. The van der Waals surface area contributed by atoms with Crippen LogP contribution in [0, 0.1) is 0 Å². The van der Waals surface area contributed by atoms with Crippen LogP contribution in [0.3, 0.4) is 0 Å². The van der Waals surface area contributed by atoms with Crippen molar-refractivity contribution in [3.63, 3.8) is 0 Å². The van der Waals surface area contributed by atoms with E-state index in [1.165, 1.54) is 0 Å². The highest BCUT2D eigenvalue weighted by Crippen LogP contribution is 2.28. The number of hydrogen-bond acceptors (Lipinski definition) is 4. The van der Waals surface area contributed by atoms with Gasteiger partial charge >= 0.3 is 5.97 Å². The Bertz CT molecular complexity index is 180. The van der Waals surface area contributed by atoms with E-state index < -0.39 is 23.8 Å². The van der Waals surface area contributed by atoms with Crippen molar-refractivity contribution in [1.82, 2.24) is 0 Å². The number of aliphatic hydroxyl groups excluding tert-OH is 2. The Morgan fingerprint density at radius 3 is 2.00 bits per heavy atom. The molecule has 1 fully saturated rings. The molecule has 1 saturated carbocycles. The highest BCUT2D eigenvalue weighted by atomic mass is 16.4. The van der Waals surface area contributed by atoms with Gasteiger partial charge in [0.15, 0.2) is 5.60 Å². The summed E-state index contributed by atoms with van der Waals surface area (Å²) in [6.45, 7) is 0. The fourth-order valence-electron chi connectivity index (χ4n) is 1.52. The Morgan fingerprint density at radius 2 is 1.67 bits per heavy atom. The highest BCUT2D eigenvalue weighted by Gasteiger charge is 2.44. The third-order valence-corrected chi connectivity index (χ3v) is 2.09. The quantitative estimate of drug-likeness (QED) is 0.398. The summed E-state index contributed by atoms with van der Waals surface area (Å²) in [4.78, 5) is 10.5. The van der Waals surface area contributed by atoms with Crippen LogP contribution in [0.1, 0.15) is 19.3 Å². The Hall–Kier alpha value is -0.650. The second-order valence-corrected chi connectivity index (χ2v) is 3.29. The monoisotopic (exact) mass is 176 g/mol. The summed E-state index contributed by atoms with van der Waals surface area (Å²) in [6, 6.07) is 0. The zero-order valence-electron chi connectivity index (χ0n) is 6.47. The number of aliphatic carboxylic acids is 1. The van der Waals surface area contributed by atoms with Gasteiger partial charge in [0.05, 0.1) is 12.2 Å². The first kappa shape index (κ1) is 9.44. The first-order valence-corrected chi connectivity index (χ1v) is 3.76. The zero-order chi connectivity index (χ0) is 9.35. The lowest BCUT2D eigenvalue weighted by Gasteiger charge is -2.33. The van der Waals surface area contributed by atoms with Crippen LogP contribution in [0.15, 0.2) is 0 Å². The summed E-state index contributed by atoms with van der Waals surface area (Å²) < 4.78 is 0. The van der Waals surface area contributed by atoms with Gasteiger partial charge in [-0.15, -0.1) is 0 Å². The molecule has 0 aromatic heterocycles. The Kier molecular flexibility index (Phi) is 2.36. The molecule has 0 spiro atoms. The largest absolute Gasteiger partial charge is 0.479 e. The van der Waals surface area contributed by atoms with E-state index in [0.29, 0.717) is 0 Å². The summed E-state index contributed by atoms with van der Waals surface area (Å²) in [5.41, 5.74) is -1.96. The maximum absolute atomic E-state index is 10.5. The van der Waals surface area contributed by atoms with Gasteiger partial charge in [-0.3, -0.25) is 0 Å². The molecule has 5 heteroatoms. The molecular formula is C7H12O5. The topological polar surface area (TPSA) is 98.0 Å². The average molecular weight is 176 g/mol. The van der Waals surface area contributed by atoms with E-state index in [1.807, 2.05) is 0 Å². The fraction of sp³-hybridized carbons (Fsp3) is 0.857. The van der Waals surface area contributed by atoms with Gasteiger partial charge in [0.25, 0.3) is 0 Å². The van der Waals surface area contributed by atoms with Crippen molar-refractivity contribution in [1.29, 1.82) is 0 Å². The van der Waals surface area contributed by atoms with Crippen LogP contribution >= 0.6 is 0 Å². The maximum atomic E-state index is 10.5. The predicted octanol–water partition coefficient (Wildman–Crippen LogP) is -1.29. The van der Waals surface area contributed by atoms with Gasteiger partial charge in [0.1, 0.15) is 0 Å². The number of aliphatic hydroxyl groups is 3. The Morgan fingerprint density at radius 1 is 1.25 bits per heavy atom. The van der Waals surface area contributed by atoms with Gasteiger partial charge in [0, 0.05) is 12.8 Å². The molecule has 0 heterocycles. The standard InChI is InChI=1S/C7H12O5/c8-4-1-5(9)3-7(12,2-4)6(10)11/h4-5,8-9,12H,1-3H2,(H,10,11). The fourth-order valence-corrected chi connectivity index (χ4v) is 1.52. The van der Waals surface area contributed by atoms with Crippen LogP contribution < -0.4 is 0 Å². The lowest BCUT2D eigenvalue weighted by molar-refractivity contribution is -0.172. The minimum Gasteiger partial charge on any atom is -0.479 e. The normalized spacial score (nSPS) is 42.6. The van der Waals surface area contributed by atoms with Gasteiger partial charge in [-0.05, 0) is 6.42 Å². The van der Waals surface area contributed by atoms with Crippen LogP contribution in [-0.4, -0.2) is 44.2 Å². The molecule has 5 nitrogen and oxygen atoms in total. The SMILES string of the molecule is O=C(O)C1(O)CC(O)CC(O)C1. The molecule has 70 valence electrons. The van der Waals surface area contributed by atoms with Crippen LogP contribution in [0.2, 0.25) is 0 Å². The molecule has 0 aromatic carbocycles. The molecule has 0 aliphatic heterocycles. The van der Waals surface area contributed by atoms with Gasteiger partial charge < -0.3 is 20.4 Å². The molecule has 0 aromatic rings. The summed E-state index contributed by atoms with van der Waals surface area (Å²) in [5, 5.41) is 36.1. The van der Waals surface area contributed by atoms with Gasteiger partial charge in [-0.25, -0.2) is 4.79 Å². The molecule has 2 atom stereocenters. The molecule has 2 unspecified atom stereocenters. The van der Waals surface area contributed by atoms with Gasteiger partial charge in [-0.1, -0.05) is 0 Å². The molecule has 0 bridgehead atoms. The van der Waals surface area contributed by atoms with Crippen molar-refractivity contribution >= 4 is 5.97 Å². The van der Waals surface area contributed by atoms with E-state index in [0.717, 1.165) is 0 Å². The Labute approximate surface area is 69.3 Å². The molecule has 12 heavy (non-hydrogen) atoms. The summed E-state index contributed by atoms with van der Waals surface area (Å²) in [5.74, 6) is -1.39. The smallest absolute Gasteiger partial charge is 0.335 e. The third kappa shape index (κ3) is 1.74. The van der Waals surface area contributed by atoms with Crippen molar-refractivity contribution in [2.45, 2.75) is 37.1 Å². The first-order chi connectivity index (χ1) is 5.44. The number of rotatable bonds is 1. The molecule has 0 radical (unpaired) electrons. The molecule has 4 N–H and O–H groups in total. The number of carboxylic acid groups (broad SMARTS) is 1. The molecule has 0 saturated heterocycles. The van der Waals surface area contributed by atoms with Crippen molar-refractivity contribution < 1.29 is 25.2 Å². The Balaban J connectivity index is 2.71. The van der Waals surface area contributed by atoms with Gasteiger partial charge in [0.2, 0.25) is 0 Å². The van der Waals surface area contributed by atoms with Crippen molar-refractivity contribution in [2.75, 3.05) is 0 Å². The van der Waals surface area contributed by atoms with E-state index >= 15 is 0 Å². The molecule has 1 rings (SSSR count). The second kappa shape index (κ2) is 3.01. The molecular weight excluding hydrogens is 164 g/mol. The third-order valence-electron chi connectivity index (χ3n) is 2.09. The van der Waals surface area contributed by atoms with Crippen LogP contribution in [0.5, 0.6) is 0 Å². The van der Waals surface area contributed by atoms with Crippen LogP contribution in [0.25, 0.3) is 0 Å². The van der Waals surface area contributed by atoms with Crippen molar-refractivity contribution in [2.24, 2.45) is 0 Å². The van der Waals surface area contributed by atoms with Crippen molar-refractivity contribution in [3.05, 3.63) is 0 Å². The predicted molar refractivity (Wildman–Crippen MR) is 38.5 cm³/mol. The summed E-state index contributed by atoms with van der Waals surface area (Å²) in [6.07, 6.45) is -2.15. The van der Waals surface area contributed by atoms with E-state index in [2.05, 4.69) is 0 Å². The minimum absolute atomic E-state index is 0.135. The van der Waals surface area contributed by atoms with Crippen LogP contribution in [0.4, 0.5) is 0 Å². The first-order valence-electron chi connectivity index (χ1n) is 3.76. The molecule has 0 amide bonds.